The van der Waals surface area contributed by atoms with Gasteiger partial charge >= 0.3 is 0 Å². The van der Waals surface area contributed by atoms with Gasteiger partial charge in [-0.05, 0) is 29.0 Å². The van der Waals surface area contributed by atoms with Gasteiger partial charge in [0.1, 0.15) is 5.76 Å². The first kappa shape index (κ1) is 17.2. The normalized spacial score (nSPS) is 16.5. The Morgan fingerprint density at radius 1 is 1.08 bits per heavy atom. The van der Waals surface area contributed by atoms with Crippen LogP contribution in [0.4, 0.5) is 0 Å². The number of carbonyl (C=O) groups excluding carboxylic acids is 1. The van der Waals surface area contributed by atoms with Crippen molar-refractivity contribution in [1.29, 1.82) is 0 Å². The zero-order valence-electron chi connectivity index (χ0n) is 14.6. The molecule has 26 heavy (non-hydrogen) atoms. The molecule has 0 spiro atoms. The van der Waals surface area contributed by atoms with Crippen molar-refractivity contribution in [3.8, 4) is 0 Å². The third-order valence-corrected chi connectivity index (χ3v) is 5.79. The minimum Gasteiger partial charge on any atom is -0.468 e. The van der Waals surface area contributed by atoms with Crippen LogP contribution in [0.5, 0.6) is 0 Å². The minimum absolute atomic E-state index is 0.0373. The number of nitrogens with zero attached hydrogens (tertiary/aromatic N) is 1. The van der Waals surface area contributed by atoms with E-state index in [1.54, 1.807) is 6.26 Å². The number of benzene rings is 2. The lowest BCUT2D eigenvalue weighted by Crippen LogP contribution is -2.42. The number of furan rings is 1. The molecule has 1 aliphatic heterocycles. The molecule has 1 fully saturated rings. The van der Waals surface area contributed by atoms with Gasteiger partial charge < -0.3 is 9.73 Å². The Kier molecular flexibility index (Phi) is 5.27. The van der Waals surface area contributed by atoms with Gasteiger partial charge in [0.25, 0.3) is 5.91 Å². The number of hydrogen-bond acceptors (Lipinski definition) is 4. The molecule has 5 heteroatoms. The first-order chi connectivity index (χ1) is 12.8. The van der Waals surface area contributed by atoms with E-state index in [-0.39, 0.29) is 11.9 Å². The van der Waals surface area contributed by atoms with Gasteiger partial charge in [-0.2, -0.15) is 11.8 Å². The highest BCUT2D eigenvalue weighted by molar-refractivity contribution is 7.99. The van der Waals surface area contributed by atoms with Crippen molar-refractivity contribution in [2.75, 3.05) is 31.1 Å². The molecule has 0 bridgehead atoms. The largest absolute Gasteiger partial charge is 0.468 e. The maximum Gasteiger partial charge on any atom is 0.251 e. The molecule has 4 nitrogen and oxygen atoms in total. The Balaban J connectivity index is 1.52. The lowest BCUT2D eigenvalue weighted by Gasteiger charge is -2.33. The number of hydrogen-bond donors (Lipinski definition) is 1. The molecule has 1 aromatic heterocycles. The average Bonchev–Trinajstić information content (AvgIpc) is 3.23. The summed E-state index contributed by atoms with van der Waals surface area (Å²) in [5.74, 6) is 3.11. The van der Waals surface area contributed by atoms with Crippen LogP contribution in [0.25, 0.3) is 10.8 Å². The van der Waals surface area contributed by atoms with Crippen molar-refractivity contribution >= 4 is 28.4 Å². The highest BCUT2D eigenvalue weighted by atomic mass is 32.2. The Labute approximate surface area is 157 Å². The highest BCUT2D eigenvalue weighted by Gasteiger charge is 2.25. The van der Waals surface area contributed by atoms with Crippen LogP contribution in [-0.4, -0.2) is 41.9 Å². The Morgan fingerprint density at radius 2 is 1.88 bits per heavy atom. The van der Waals surface area contributed by atoms with Crippen LogP contribution in [0.3, 0.4) is 0 Å². The molecule has 0 saturated carbocycles. The summed E-state index contributed by atoms with van der Waals surface area (Å²) in [6.45, 7) is 2.57. The quantitative estimate of drug-likeness (QED) is 0.743. The van der Waals surface area contributed by atoms with E-state index < -0.39 is 0 Å². The standard InChI is InChI=1S/C21H22N2O2S/c24-21(18-8-3-6-16-5-1-2-7-17(16)18)22-15-19(20-9-4-12-25-20)23-10-13-26-14-11-23/h1-9,12,19H,10-11,13-15H2,(H,22,24)/t19-/m0/s1. The Bertz CT molecular complexity index is 867. The number of amides is 1. The Morgan fingerprint density at radius 3 is 2.69 bits per heavy atom. The van der Waals surface area contributed by atoms with Crippen molar-refractivity contribution in [3.05, 3.63) is 72.2 Å². The molecule has 2 aromatic carbocycles. The smallest absolute Gasteiger partial charge is 0.251 e. The summed E-state index contributed by atoms with van der Waals surface area (Å²) < 4.78 is 5.66. The molecule has 0 aliphatic carbocycles. The van der Waals surface area contributed by atoms with Gasteiger partial charge in [0, 0.05) is 36.7 Å². The summed E-state index contributed by atoms with van der Waals surface area (Å²) in [4.78, 5) is 15.3. The number of thioether (sulfide) groups is 1. The lowest BCUT2D eigenvalue weighted by molar-refractivity contribution is 0.0931. The third kappa shape index (κ3) is 3.64. The van der Waals surface area contributed by atoms with E-state index in [1.165, 1.54) is 0 Å². The molecule has 1 amide bonds. The molecule has 1 N–H and O–H groups in total. The summed E-state index contributed by atoms with van der Waals surface area (Å²) in [5.41, 5.74) is 0.718. The fourth-order valence-corrected chi connectivity index (χ4v) is 4.42. The molecule has 0 unspecified atom stereocenters. The SMILES string of the molecule is O=C(NC[C@@H](c1ccco1)N1CCSCC1)c1cccc2ccccc12. The van der Waals surface area contributed by atoms with E-state index in [4.69, 9.17) is 4.42 Å². The van der Waals surface area contributed by atoms with Crippen LogP contribution in [0.2, 0.25) is 0 Å². The fraction of sp³-hybridized carbons (Fsp3) is 0.286. The van der Waals surface area contributed by atoms with E-state index in [1.807, 2.05) is 66.4 Å². The van der Waals surface area contributed by atoms with Gasteiger partial charge in [-0.1, -0.05) is 36.4 Å². The van der Waals surface area contributed by atoms with Gasteiger partial charge in [-0.3, -0.25) is 9.69 Å². The summed E-state index contributed by atoms with van der Waals surface area (Å²) in [6.07, 6.45) is 1.70. The average molecular weight is 366 g/mol. The maximum atomic E-state index is 12.9. The van der Waals surface area contributed by atoms with E-state index >= 15 is 0 Å². The number of rotatable bonds is 5. The van der Waals surface area contributed by atoms with Crippen LogP contribution in [0, 0.1) is 0 Å². The van der Waals surface area contributed by atoms with Gasteiger partial charge in [0.15, 0.2) is 0 Å². The van der Waals surface area contributed by atoms with Crippen molar-refractivity contribution in [1.82, 2.24) is 10.2 Å². The fourth-order valence-electron chi connectivity index (χ4n) is 3.49. The minimum atomic E-state index is -0.0373. The molecule has 134 valence electrons. The van der Waals surface area contributed by atoms with E-state index in [0.717, 1.165) is 46.7 Å². The maximum absolute atomic E-state index is 12.9. The van der Waals surface area contributed by atoms with Gasteiger partial charge in [0.05, 0.1) is 12.3 Å². The number of fused-ring (bicyclic) bond motifs is 1. The van der Waals surface area contributed by atoms with Crippen molar-refractivity contribution in [3.63, 3.8) is 0 Å². The van der Waals surface area contributed by atoms with Crippen LogP contribution in [0.15, 0.2) is 65.3 Å². The summed E-state index contributed by atoms with van der Waals surface area (Å²) in [7, 11) is 0. The second-order valence-corrected chi connectivity index (χ2v) is 7.64. The first-order valence-corrected chi connectivity index (χ1v) is 10.1. The topological polar surface area (TPSA) is 45.5 Å². The van der Waals surface area contributed by atoms with Crippen LogP contribution in [-0.2, 0) is 0 Å². The number of nitrogens with one attached hydrogen (secondary N) is 1. The first-order valence-electron chi connectivity index (χ1n) is 8.94. The molecule has 0 radical (unpaired) electrons. The van der Waals surface area contributed by atoms with Gasteiger partial charge in [-0.25, -0.2) is 0 Å². The zero-order valence-corrected chi connectivity index (χ0v) is 15.4. The van der Waals surface area contributed by atoms with E-state index in [9.17, 15) is 4.79 Å². The van der Waals surface area contributed by atoms with Crippen LogP contribution < -0.4 is 5.32 Å². The van der Waals surface area contributed by atoms with Crippen molar-refractivity contribution in [2.45, 2.75) is 6.04 Å². The second kappa shape index (κ2) is 7.98. The molecule has 1 saturated heterocycles. The predicted octanol–water partition coefficient (Wildman–Crippen LogP) is 3.95. The monoisotopic (exact) mass is 366 g/mol. The number of carbonyl (C=O) groups is 1. The highest BCUT2D eigenvalue weighted by Crippen LogP contribution is 2.24. The van der Waals surface area contributed by atoms with Crippen molar-refractivity contribution in [2.24, 2.45) is 0 Å². The summed E-state index contributed by atoms with van der Waals surface area (Å²) in [5, 5.41) is 5.19. The molecular formula is C21H22N2O2S. The molecule has 1 atom stereocenters. The van der Waals surface area contributed by atoms with Crippen LogP contribution >= 0.6 is 11.8 Å². The summed E-state index contributed by atoms with van der Waals surface area (Å²) in [6, 6.07) is 17.8. The van der Waals surface area contributed by atoms with E-state index in [2.05, 4.69) is 10.2 Å². The molecule has 1 aliphatic rings. The third-order valence-electron chi connectivity index (χ3n) is 4.85. The van der Waals surface area contributed by atoms with Gasteiger partial charge in [0.2, 0.25) is 0 Å². The second-order valence-electron chi connectivity index (χ2n) is 6.42. The Hall–Kier alpha value is -2.24. The van der Waals surface area contributed by atoms with Crippen LogP contribution in [0.1, 0.15) is 22.2 Å². The lowest BCUT2D eigenvalue weighted by atomic mass is 10.0. The van der Waals surface area contributed by atoms with E-state index in [0.29, 0.717) is 6.54 Å². The predicted molar refractivity (Wildman–Crippen MR) is 107 cm³/mol. The molecule has 2 heterocycles. The van der Waals surface area contributed by atoms with Crippen molar-refractivity contribution < 1.29 is 9.21 Å². The van der Waals surface area contributed by atoms with Gasteiger partial charge in [-0.15, -0.1) is 0 Å². The molecule has 3 aromatic rings. The zero-order chi connectivity index (χ0) is 17.8. The molecule has 4 rings (SSSR count). The molecular weight excluding hydrogens is 344 g/mol. The summed E-state index contributed by atoms with van der Waals surface area (Å²) >= 11 is 1.98.